The first kappa shape index (κ1) is 16.6. The van der Waals surface area contributed by atoms with Crippen molar-refractivity contribution in [2.75, 3.05) is 0 Å². The number of nitrogens with two attached hydrogens (primary N) is 1. The number of phenols is 1. The molecule has 7 heteroatoms. The Kier molecular flexibility index (Phi) is 4.10. The quantitative estimate of drug-likeness (QED) is 0.538. The van der Waals surface area contributed by atoms with E-state index in [1.54, 1.807) is 5.32 Å². The van der Waals surface area contributed by atoms with Crippen molar-refractivity contribution in [1.29, 1.82) is 0 Å². The van der Waals surface area contributed by atoms with Crippen LogP contribution in [-0.2, 0) is 11.2 Å². The molecule has 0 aliphatic carbocycles. The average molecular weight is 466 g/mol. The number of quaternary nitrogens is 1. The van der Waals surface area contributed by atoms with E-state index in [0.717, 1.165) is 27.7 Å². The first-order chi connectivity index (χ1) is 12.0. The Bertz CT molecular complexity index is 976. The first-order valence-electron chi connectivity index (χ1n) is 7.79. The van der Waals surface area contributed by atoms with Gasteiger partial charge in [0.25, 0.3) is 0 Å². The molecule has 2 aromatic carbocycles. The number of nitrogens with one attached hydrogen (secondary N) is 1. The van der Waals surface area contributed by atoms with Crippen molar-refractivity contribution < 1.29 is 20.3 Å². The maximum absolute atomic E-state index is 11.6. The number of aromatic hydroxyl groups is 1. The van der Waals surface area contributed by atoms with Crippen LogP contribution in [0.25, 0.3) is 10.9 Å². The summed E-state index contributed by atoms with van der Waals surface area (Å²) in [4.78, 5) is 15.0. The van der Waals surface area contributed by atoms with Crippen LogP contribution in [0.15, 0.2) is 45.3 Å². The fourth-order valence-corrected chi connectivity index (χ4v) is 4.75. The number of hydrogen-bond donors (Lipinski definition) is 3. The van der Waals surface area contributed by atoms with Crippen molar-refractivity contribution in [3.8, 4) is 5.75 Å². The van der Waals surface area contributed by atoms with E-state index in [4.69, 9.17) is 0 Å². The van der Waals surface area contributed by atoms with Crippen LogP contribution in [0.3, 0.4) is 0 Å². The lowest BCUT2D eigenvalue weighted by atomic mass is 9.90. The van der Waals surface area contributed by atoms with Gasteiger partial charge in [-0.05, 0) is 55.6 Å². The molecule has 0 radical (unpaired) electrons. The van der Waals surface area contributed by atoms with Crippen LogP contribution in [0.4, 0.5) is 0 Å². The molecule has 2 heterocycles. The van der Waals surface area contributed by atoms with Gasteiger partial charge >= 0.3 is 0 Å². The van der Waals surface area contributed by atoms with Crippen LogP contribution >= 0.6 is 31.9 Å². The molecule has 1 aliphatic rings. The lowest BCUT2D eigenvalue weighted by Gasteiger charge is -2.29. The molecule has 5 nitrogen and oxygen atoms in total. The van der Waals surface area contributed by atoms with Gasteiger partial charge in [0.05, 0.1) is 20.6 Å². The number of rotatable bonds is 2. The summed E-state index contributed by atoms with van der Waals surface area (Å²) < 4.78 is 1.11. The summed E-state index contributed by atoms with van der Waals surface area (Å²) in [6.45, 7) is 0. The maximum Gasteiger partial charge on any atom is 0.153 e. The van der Waals surface area contributed by atoms with Crippen LogP contribution in [0, 0.1) is 0 Å². The monoisotopic (exact) mass is 464 g/mol. The van der Waals surface area contributed by atoms with Crippen LogP contribution in [0.5, 0.6) is 5.75 Å². The number of fused-ring (bicyclic) bond motifs is 3. The van der Waals surface area contributed by atoms with Gasteiger partial charge in [-0.15, -0.1) is 0 Å². The number of para-hydroxylation sites is 1. The highest BCUT2D eigenvalue weighted by Gasteiger charge is 2.35. The third-order valence-corrected chi connectivity index (χ3v) is 5.92. The van der Waals surface area contributed by atoms with Crippen molar-refractivity contribution in [1.82, 2.24) is 4.98 Å². The molecular weight excluding hydrogens is 452 g/mol. The van der Waals surface area contributed by atoms with E-state index in [1.165, 1.54) is 0 Å². The molecule has 128 valence electrons. The smallest absolute Gasteiger partial charge is 0.153 e. The van der Waals surface area contributed by atoms with E-state index in [0.29, 0.717) is 15.4 Å². The summed E-state index contributed by atoms with van der Waals surface area (Å²) in [5, 5.41) is 24.4. The van der Waals surface area contributed by atoms with E-state index in [9.17, 15) is 15.0 Å². The molecule has 0 amide bonds. The number of benzene rings is 2. The molecule has 0 bridgehead atoms. The molecule has 0 fully saturated rings. The molecule has 1 aromatic heterocycles. The third-order valence-electron chi connectivity index (χ3n) is 4.71. The first-order valence-corrected chi connectivity index (χ1v) is 9.37. The Morgan fingerprint density at radius 1 is 1.24 bits per heavy atom. The molecule has 4 N–H and O–H groups in total. The number of carboxylic acids is 1. The predicted octanol–water partition coefficient (Wildman–Crippen LogP) is 1.73. The van der Waals surface area contributed by atoms with E-state index in [-0.39, 0.29) is 11.8 Å². The van der Waals surface area contributed by atoms with Gasteiger partial charge in [-0.3, -0.25) is 0 Å². The zero-order valence-corrected chi connectivity index (χ0v) is 16.1. The molecule has 0 spiro atoms. The molecule has 4 rings (SSSR count). The van der Waals surface area contributed by atoms with Crippen LogP contribution in [-0.4, -0.2) is 22.1 Å². The summed E-state index contributed by atoms with van der Waals surface area (Å²) in [6.07, 6.45) is 0.415. The number of carbonyl (C=O) groups excluding carboxylic acids is 1. The molecule has 25 heavy (non-hydrogen) atoms. The van der Waals surface area contributed by atoms with Gasteiger partial charge in [0.15, 0.2) is 6.04 Å². The zero-order valence-electron chi connectivity index (χ0n) is 12.9. The van der Waals surface area contributed by atoms with E-state index >= 15 is 0 Å². The Morgan fingerprint density at radius 2 is 1.92 bits per heavy atom. The second-order valence-electron chi connectivity index (χ2n) is 6.20. The Morgan fingerprint density at radius 3 is 2.60 bits per heavy atom. The Balaban J connectivity index is 1.92. The highest BCUT2D eigenvalue weighted by Crippen LogP contribution is 2.38. The molecule has 0 saturated carbocycles. The number of phenolic OH excluding ortho intramolecular Hbond substituents is 1. The lowest BCUT2D eigenvalue weighted by Crippen LogP contribution is -2.95. The summed E-state index contributed by atoms with van der Waals surface area (Å²) in [5.41, 5.74) is 3.87. The molecule has 0 saturated heterocycles. The highest BCUT2D eigenvalue weighted by molar-refractivity contribution is 9.11. The van der Waals surface area contributed by atoms with Gasteiger partial charge in [-0.1, -0.05) is 18.2 Å². The second kappa shape index (κ2) is 6.16. The van der Waals surface area contributed by atoms with E-state index in [1.807, 2.05) is 36.4 Å². The minimum Gasteiger partial charge on any atom is -0.544 e. The van der Waals surface area contributed by atoms with Crippen LogP contribution in [0.2, 0.25) is 0 Å². The van der Waals surface area contributed by atoms with Gasteiger partial charge < -0.3 is 25.3 Å². The number of aliphatic carboxylic acids is 1. The van der Waals surface area contributed by atoms with Gasteiger partial charge in [0, 0.05) is 22.9 Å². The van der Waals surface area contributed by atoms with Crippen LogP contribution in [0.1, 0.15) is 22.9 Å². The number of aromatic nitrogens is 1. The predicted molar refractivity (Wildman–Crippen MR) is 98.1 cm³/mol. The van der Waals surface area contributed by atoms with E-state index in [2.05, 4.69) is 36.8 Å². The van der Waals surface area contributed by atoms with Crippen molar-refractivity contribution >= 4 is 48.7 Å². The van der Waals surface area contributed by atoms with Gasteiger partial charge in [-0.25, -0.2) is 0 Å². The Hall–Kier alpha value is -1.83. The van der Waals surface area contributed by atoms with Crippen molar-refractivity contribution in [3.63, 3.8) is 0 Å². The second-order valence-corrected chi connectivity index (χ2v) is 7.90. The van der Waals surface area contributed by atoms with Gasteiger partial charge in [0.1, 0.15) is 11.8 Å². The van der Waals surface area contributed by atoms with E-state index < -0.39 is 12.0 Å². The molecule has 1 aliphatic heterocycles. The minimum absolute atomic E-state index is 0.118. The summed E-state index contributed by atoms with van der Waals surface area (Å²) >= 11 is 6.70. The maximum atomic E-state index is 11.6. The number of aromatic amines is 1. The Labute approximate surface area is 160 Å². The van der Waals surface area contributed by atoms with Gasteiger partial charge in [0.2, 0.25) is 0 Å². The van der Waals surface area contributed by atoms with Crippen LogP contribution < -0.4 is 10.4 Å². The molecule has 2 atom stereocenters. The number of carboxylic acid groups (broad SMARTS) is 1. The summed E-state index contributed by atoms with van der Waals surface area (Å²) in [5.74, 6) is -0.953. The van der Waals surface area contributed by atoms with Gasteiger partial charge in [-0.2, -0.15) is 0 Å². The molecule has 3 aromatic rings. The molecule has 0 unspecified atom stereocenters. The van der Waals surface area contributed by atoms with Crippen molar-refractivity contribution in [2.45, 2.75) is 18.5 Å². The fourth-order valence-electron chi connectivity index (χ4n) is 3.53. The number of H-pyrrole nitrogens is 1. The third kappa shape index (κ3) is 2.76. The summed E-state index contributed by atoms with van der Waals surface area (Å²) in [6, 6.07) is 10.6. The molecular formula is C18H14Br2N2O3. The number of halogens is 2. The summed E-state index contributed by atoms with van der Waals surface area (Å²) in [7, 11) is 0. The largest absolute Gasteiger partial charge is 0.544 e. The lowest BCUT2D eigenvalue weighted by molar-refractivity contribution is -0.717. The topological polar surface area (TPSA) is 92.8 Å². The standard InChI is InChI=1S/C18H14Br2N2O3/c19-11-5-8(6-12(20)17(11)23)15-16-10(7-14(22-15)18(24)25)9-3-1-2-4-13(9)21-16/h1-6,14-15,21-23H,7H2,(H,24,25)/t14-,15-/m0/s1. The zero-order chi connectivity index (χ0) is 17.7. The average Bonchev–Trinajstić information content (AvgIpc) is 2.97. The SMILES string of the molecule is O=C([O-])[C@@H]1Cc2c([nH]c3ccccc23)[C@H](c2cc(Br)c(O)c(Br)c2)[NH2+]1. The minimum atomic E-state index is -1.07. The highest BCUT2D eigenvalue weighted by atomic mass is 79.9. The van der Waals surface area contributed by atoms with Crippen molar-refractivity contribution in [2.24, 2.45) is 0 Å². The number of hydrogen-bond acceptors (Lipinski definition) is 3. The number of carbonyl (C=O) groups is 1. The normalized spacial score (nSPS) is 19.8. The fraction of sp³-hybridized carbons (Fsp3) is 0.167. The van der Waals surface area contributed by atoms with Crippen molar-refractivity contribution in [3.05, 3.63) is 62.2 Å².